The molecule has 1 aromatic rings. The monoisotopic (exact) mass is 238 g/mol. The second-order valence-electron chi connectivity index (χ2n) is 2.26. The third-order valence-electron chi connectivity index (χ3n) is 1.51. The second-order valence-corrected chi connectivity index (χ2v) is 2.65. The zero-order chi connectivity index (χ0) is 9.68. The number of ether oxygens (including phenoxy) is 1. The van der Waals surface area contributed by atoms with Gasteiger partial charge in [-0.25, -0.2) is 4.79 Å². The largest absolute Gasteiger partial charge is 0.465 e. The Kier molecular flexibility index (Phi) is 3.53. The minimum absolute atomic E-state index is 0.370. The predicted molar refractivity (Wildman–Crippen MR) is 53.6 cm³/mol. The topological polar surface area (TPSA) is 26.3 Å². The van der Waals surface area contributed by atoms with Crippen LogP contribution in [0.4, 0.5) is 0 Å². The van der Waals surface area contributed by atoms with Crippen LogP contribution >= 0.6 is 15.9 Å². The van der Waals surface area contributed by atoms with E-state index in [0.717, 1.165) is 0 Å². The van der Waals surface area contributed by atoms with Gasteiger partial charge in [0.05, 0.1) is 12.7 Å². The van der Waals surface area contributed by atoms with Crippen molar-refractivity contribution in [3.8, 4) is 10.8 Å². The molecule has 0 fully saturated rings. The van der Waals surface area contributed by atoms with Crippen molar-refractivity contribution < 1.29 is 9.53 Å². The molecule has 0 spiro atoms. The Morgan fingerprint density at radius 2 is 2.15 bits per heavy atom. The molecule has 0 saturated heterocycles. The number of hydrogen-bond donors (Lipinski definition) is 0. The molecule has 0 N–H and O–H groups in total. The van der Waals surface area contributed by atoms with E-state index in [1.54, 1.807) is 18.2 Å². The van der Waals surface area contributed by atoms with Gasteiger partial charge in [-0.15, -0.1) is 0 Å². The van der Waals surface area contributed by atoms with Gasteiger partial charge < -0.3 is 4.74 Å². The van der Waals surface area contributed by atoms with Crippen molar-refractivity contribution in [2.75, 3.05) is 7.11 Å². The van der Waals surface area contributed by atoms with Crippen molar-refractivity contribution in [1.29, 1.82) is 0 Å². The fraction of sp³-hybridized carbons (Fsp3) is 0.100. The molecule has 3 heteroatoms. The summed E-state index contributed by atoms with van der Waals surface area (Å²) >= 11 is 2.98. The summed E-state index contributed by atoms with van der Waals surface area (Å²) in [5.41, 5.74) is 1.14. The van der Waals surface area contributed by atoms with E-state index in [-0.39, 0.29) is 5.97 Å². The zero-order valence-electron chi connectivity index (χ0n) is 7.00. The lowest BCUT2D eigenvalue weighted by Gasteiger charge is -2.00. The lowest BCUT2D eigenvalue weighted by atomic mass is 10.1. The van der Waals surface area contributed by atoms with Gasteiger partial charge in [0.2, 0.25) is 0 Å². The first-order valence-electron chi connectivity index (χ1n) is 3.58. The summed E-state index contributed by atoms with van der Waals surface area (Å²) in [6.07, 6.45) is 0. The lowest BCUT2D eigenvalue weighted by molar-refractivity contribution is 0.0600. The smallest absolute Gasteiger partial charge is 0.339 e. The molecule has 1 aromatic carbocycles. The highest BCUT2D eigenvalue weighted by molar-refractivity contribution is 9.12. The molecule has 0 radical (unpaired) electrons. The first-order chi connectivity index (χ1) is 6.29. The Morgan fingerprint density at radius 3 is 2.77 bits per heavy atom. The summed E-state index contributed by atoms with van der Waals surface area (Å²) < 4.78 is 4.60. The van der Waals surface area contributed by atoms with Gasteiger partial charge in [0.25, 0.3) is 0 Å². The van der Waals surface area contributed by atoms with Gasteiger partial charge in [0, 0.05) is 21.5 Å². The molecule has 0 aliphatic heterocycles. The molecule has 66 valence electrons. The minimum Gasteiger partial charge on any atom is -0.465 e. The van der Waals surface area contributed by atoms with E-state index in [1.165, 1.54) is 7.11 Å². The van der Waals surface area contributed by atoms with Crippen LogP contribution in [0, 0.1) is 10.8 Å². The quantitative estimate of drug-likeness (QED) is 0.554. The van der Waals surface area contributed by atoms with Crippen molar-refractivity contribution in [2.24, 2.45) is 0 Å². The summed E-state index contributed by atoms with van der Waals surface area (Å²) in [5, 5.41) is 0. The van der Waals surface area contributed by atoms with Crippen LogP contribution in [0.15, 0.2) is 24.3 Å². The first-order valence-corrected chi connectivity index (χ1v) is 4.38. The molecular weight excluding hydrogens is 232 g/mol. The number of rotatable bonds is 1. The van der Waals surface area contributed by atoms with Gasteiger partial charge in [-0.05, 0) is 17.0 Å². The number of carbonyl (C=O) groups excluding carboxylic acids is 1. The summed E-state index contributed by atoms with van der Waals surface area (Å²) in [6.45, 7) is 0. The number of benzene rings is 1. The molecule has 1 rings (SSSR count). The Labute approximate surface area is 85.0 Å². The highest BCUT2D eigenvalue weighted by Crippen LogP contribution is 2.08. The van der Waals surface area contributed by atoms with Crippen LogP contribution in [0.2, 0.25) is 0 Å². The van der Waals surface area contributed by atoms with Crippen LogP contribution in [-0.4, -0.2) is 13.1 Å². The van der Waals surface area contributed by atoms with Gasteiger partial charge in [-0.2, -0.15) is 0 Å². The summed E-state index contributed by atoms with van der Waals surface area (Å²) in [4.78, 5) is 13.8. The number of halogens is 1. The van der Waals surface area contributed by atoms with E-state index in [9.17, 15) is 4.79 Å². The average Bonchev–Trinajstić information content (AvgIpc) is 2.18. The molecule has 2 nitrogen and oxygen atoms in total. The van der Waals surface area contributed by atoms with E-state index in [4.69, 9.17) is 0 Å². The Hall–Kier alpha value is -1.27. The highest BCUT2D eigenvalue weighted by Gasteiger charge is 2.08. The fourth-order valence-electron chi connectivity index (χ4n) is 0.931. The van der Waals surface area contributed by atoms with Gasteiger partial charge in [-0.1, -0.05) is 18.1 Å². The SMILES string of the molecule is COC(=O)c1ccccc1C#CBr. The Bertz CT molecular complexity index is 374. The predicted octanol–water partition coefficient (Wildman–Crippen LogP) is 2.18. The average molecular weight is 239 g/mol. The van der Waals surface area contributed by atoms with Crippen LogP contribution in [-0.2, 0) is 4.74 Å². The molecule has 0 unspecified atom stereocenters. The number of carbonyl (C=O) groups is 1. The molecule has 0 atom stereocenters. The maximum absolute atomic E-state index is 11.2. The second kappa shape index (κ2) is 4.68. The Balaban J connectivity index is 3.16. The minimum atomic E-state index is -0.370. The molecule has 0 aromatic heterocycles. The van der Waals surface area contributed by atoms with Gasteiger partial charge in [0.15, 0.2) is 0 Å². The normalized spacial score (nSPS) is 8.46. The molecule has 13 heavy (non-hydrogen) atoms. The third-order valence-corrected chi connectivity index (χ3v) is 1.71. The number of methoxy groups -OCH3 is 1. The fourth-order valence-corrected chi connectivity index (χ4v) is 1.14. The molecule has 0 amide bonds. The number of hydrogen-bond acceptors (Lipinski definition) is 2. The van der Waals surface area contributed by atoms with E-state index in [2.05, 4.69) is 31.4 Å². The number of esters is 1. The van der Waals surface area contributed by atoms with Crippen molar-refractivity contribution in [2.45, 2.75) is 0 Å². The van der Waals surface area contributed by atoms with E-state index >= 15 is 0 Å². The summed E-state index contributed by atoms with van der Waals surface area (Å²) in [7, 11) is 1.35. The van der Waals surface area contributed by atoms with Crippen LogP contribution in [0.1, 0.15) is 15.9 Å². The van der Waals surface area contributed by atoms with Crippen molar-refractivity contribution in [3.63, 3.8) is 0 Å². The van der Waals surface area contributed by atoms with Crippen molar-refractivity contribution in [1.82, 2.24) is 0 Å². The Morgan fingerprint density at radius 1 is 1.46 bits per heavy atom. The van der Waals surface area contributed by atoms with Crippen molar-refractivity contribution >= 4 is 21.9 Å². The van der Waals surface area contributed by atoms with Crippen LogP contribution < -0.4 is 0 Å². The van der Waals surface area contributed by atoms with Crippen molar-refractivity contribution in [3.05, 3.63) is 35.4 Å². The standard InChI is InChI=1S/C10H7BrO2/c1-13-10(12)9-5-3-2-4-8(9)6-7-11/h2-5H,1H3. The molecule has 0 aliphatic carbocycles. The molecule has 0 heterocycles. The van der Waals surface area contributed by atoms with Crippen LogP contribution in [0.3, 0.4) is 0 Å². The maximum Gasteiger partial charge on any atom is 0.339 e. The van der Waals surface area contributed by atoms with E-state index < -0.39 is 0 Å². The summed E-state index contributed by atoms with van der Waals surface area (Å²) in [6, 6.07) is 7.03. The molecule has 0 bridgehead atoms. The lowest BCUT2D eigenvalue weighted by Crippen LogP contribution is -2.03. The van der Waals surface area contributed by atoms with Gasteiger partial charge in [-0.3, -0.25) is 0 Å². The van der Waals surface area contributed by atoms with Crippen LogP contribution in [0.25, 0.3) is 0 Å². The van der Waals surface area contributed by atoms with E-state index in [0.29, 0.717) is 11.1 Å². The van der Waals surface area contributed by atoms with Crippen LogP contribution in [0.5, 0.6) is 0 Å². The third kappa shape index (κ3) is 2.33. The van der Waals surface area contributed by atoms with Gasteiger partial charge >= 0.3 is 5.97 Å². The van der Waals surface area contributed by atoms with Gasteiger partial charge in [0.1, 0.15) is 0 Å². The first kappa shape index (κ1) is 9.82. The molecule has 0 aliphatic rings. The zero-order valence-corrected chi connectivity index (χ0v) is 8.59. The molecular formula is C10H7BrO2. The van der Waals surface area contributed by atoms with E-state index in [1.807, 2.05) is 6.07 Å². The maximum atomic E-state index is 11.2. The summed E-state index contributed by atoms with van der Waals surface area (Å²) in [5.74, 6) is 2.39. The highest BCUT2D eigenvalue weighted by atomic mass is 79.9. The molecule has 0 saturated carbocycles.